The number of carbonyl (C=O) groups is 1. The number of methoxy groups -OCH3 is 1. The molecule has 0 unspecified atom stereocenters. The Bertz CT molecular complexity index is 692. The summed E-state index contributed by atoms with van der Waals surface area (Å²) in [6.45, 7) is 0. The van der Waals surface area contributed by atoms with Crippen molar-refractivity contribution in [2.24, 2.45) is 4.99 Å². The number of thiophene rings is 1. The van der Waals surface area contributed by atoms with Crippen molar-refractivity contribution in [3.63, 3.8) is 0 Å². The van der Waals surface area contributed by atoms with E-state index < -0.39 is 5.97 Å². The molecule has 2 aromatic heterocycles. The van der Waals surface area contributed by atoms with Crippen LogP contribution in [0, 0.1) is 0 Å². The van der Waals surface area contributed by atoms with E-state index in [0.717, 1.165) is 15.9 Å². The van der Waals surface area contributed by atoms with E-state index in [2.05, 4.69) is 9.98 Å². The highest BCUT2D eigenvalue weighted by Gasteiger charge is 2.22. The molecule has 0 aliphatic rings. The summed E-state index contributed by atoms with van der Waals surface area (Å²) in [6.07, 6.45) is 3.40. The fourth-order valence-corrected chi connectivity index (χ4v) is 2.92. The van der Waals surface area contributed by atoms with Gasteiger partial charge in [0, 0.05) is 34.4 Å². The average molecular weight is 306 g/mol. The summed E-state index contributed by atoms with van der Waals surface area (Å²) in [5, 5.41) is 0.867. The number of esters is 1. The zero-order valence-corrected chi connectivity index (χ0v) is 13.6. The molecule has 2 aromatic rings. The van der Waals surface area contributed by atoms with Gasteiger partial charge in [-0.2, -0.15) is 0 Å². The number of aliphatic imine (C=N–C) groups is 1. The van der Waals surface area contributed by atoms with Gasteiger partial charge in [-0.15, -0.1) is 11.3 Å². The van der Waals surface area contributed by atoms with E-state index in [9.17, 15) is 4.79 Å². The molecule has 0 aliphatic carbocycles. The monoisotopic (exact) mass is 306 g/mol. The van der Waals surface area contributed by atoms with Crippen molar-refractivity contribution in [1.82, 2.24) is 9.88 Å². The molecule has 0 spiro atoms. The summed E-state index contributed by atoms with van der Waals surface area (Å²) < 4.78 is 4.86. The molecule has 0 bridgehead atoms. The van der Waals surface area contributed by atoms with Gasteiger partial charge in [0.15, 0.2) is 0 Å². The van der Waals surface area contributed by atoms with Crippen LogP contribution in [0.1, 0.15) is 9.67 Å². The second-order valence-electron chi connectivity index (χ2n) is 4.88. The van der Waals surface area contributed by atoms with Crippen LogP contribution in [0.2, 0.25) is 0 Å². The van der Waals surface area contributed by atoms with E-state index >= 15 is 0 Å². The first kappa shape index (κ1) is 15.2. The van der Waals surface area contributed by atoms with Crippen LogP contribution < -0.4 is 4.90 Å². The molecule has 0 atom stereocenters. The van der Waals surface area contributed by atoms with Crippen molar-refractivity contribution >= 4 is 45.2 Å². The molecule has 0 saturated carbocycles. The summed E-state index contributed by atoms with van der Waals surface area (Å²) in [4.78, 5) is 25.8. The van der Waals surface area contributed by atoms with Crippen molar-refractivity contribution in [2.75, 3.05) is 40.2 Å². The Hall–Kier alpha value is -2.15. The maximum Gasteiger partial charge on any atom is 0.350 e. The van der Waals surface area contributed by atoms with Crippen LogP contribution in [0.25, 0.3) is 10.2 Å². The summed E-state index contributed by atoms with van der Waals surface area (Å²) in [7, 11) is 9.02. The fourth-order valence-electron chi connectivity index (χ4n) is 1.89. The highest BCUT2D eigenvalue weighted by Crippen LogP contribution is 2.41. The zero-order valence-electron chi connectivity index (χ0n) is 12.7. The number of ether oxygens (including phenoxy) is 1. The van der Waals surface area contributed by atoms with Crippen LogP contribution in [0.4, 0.5) is 11.4 Å². The number of hydrogen-bond acceptors (Lipinski definition) is 6. The van der Waals surface area contributed by atoms with Crippen molar-refractivity contribution in [2.45, 2.75) is 0 Å². The second-order valence-corrected chi connectivity index (χ2v) is 5.88. The third-order valence-electron chi connectivity index (χ3n) is 2.82. The predicted octanol–water partition coefficient (Wildman–Crippen LogP) is 2.37. The molecular formula is C14H18N4O2S. The minimum Gasteiger partial charge on any atom is -0.465 e. The van der Waals surface area contributed by atoms with Gasteiger partial charge in [0.05, 0.1) is 24.5 Å². The summed E-state index contributed by atoms with van der Waals surface area (Å²) in [5.41, 5.74) is 1.57. The summed E-state index contributed by atoms with van der Waals surface area (Å²) in [6, 6.07) is 1.91. The van der Waals surface area contributed by atoms with Gasteiger partial charge in [-0.05, 0) is 6.07 Å². The predicted molar refractivity (Wildman–Crippen MR) is 87.1 cm³/mol. The smallest absolute Gasteiger partial charge is 0.350 e. The molecule has 7 heteroatoms. The molecular weight excluding hydrogens is 288 g/mol. The van der Waals surface area contributed by atoms with Gasteiger partial charge < -0.3 is 14.5 Å². The lowest BCUT2D eigenvalue weighted by Gasteiger charge is -2.14. The molecule has 21 heavy (non-hydrogen) atoms. The summed E-state index contributed by atoms with van der Waals surface area (Å²) in [5.74, 6) is -0.395. The maximum atomic E-state index is 12.0. The molecule has 2 heterocycles. The molecule has 0 fully saturated rings. The lowest BCUT2D eigenvalue weighted by Crippen LogP contribution is -2.09. The standard InChI is InChI=1S/C14H18N4O2S/c1-17(2)8-16-11-10-9(18(3)4)6-7-15-13(10)21-12(11)14(19)20-5/h6-8H,1-5H3. The highest BCUT2D eigenvalue weighted by molar-refractivity contribution is 7.21. The van der Waals surface area contributed by atoms with E-state index in [-0.39, 0.29) is 0 Å². The average Bonchev–Trinajstić information content (AvgIpc) is 2.82. The Morgan fingerprint density at radius 1 is 1.38 bits per heavy atom. The number of nitrogens with zero attached hydrogens (tertiary/aromatic N) is 4. The normalized spacial score (nSPS) is 11.1. The number of anilines is 1. The van der Waals surface area contributed by atoms with E-state index in [4.69, 9.17) is 4.74 Å². The van der Waals surface area contributed by atoms with Crippen LogP contribution in [0.3, 0.4) is 0 Å². The van der Waals surface area contributed by atoms with E-state index in [0.29, 0.717) is 10.6 Å². The SMILES string of the molecule is COC(=O)c1sc2nccc(N(C)C)c2c1N=CN(C)C. The molecule has 6 nitrogen and oxygen atoms in total. The Morgan fingerprint density at radius 3 is 2.67 bits per heavy atom. The van der Waals surface area contributed by atoms with Crippen LogP contribution in [-0.4, -0.2) is 57.5 Å². The number of pyridine rings is 1. The van der Waals surface area contributed by atoms with Gasteiger partial charge in [0.1, 0.15) is 15.4 Å². The highest BCUT2D eigenvalue weighted by atomic mass is 32.1. The van der Waals surface area contributed by atoms with Crippen molar-refractivity contribution in [3.05, 3.63) is 17.1 Å². The molecule has 2 rings (SSSR count). The fraction of sp³-hybridized carbons (Fsp3) is 0.357. The van der Waals surface area contributed by atoms with Crippen molar-refractivity contribution in [3.8, 4) is 0 Å². The Balaban J connectivity index is 2.76. The quantitative estimate of drug-likeness (QED) is 0.493. The molecule has 0 saturated heterocycles. The first-order valence-corrected chi connectivity index (χ1v) is 7.15. The lowest BCUT2D eigenvalue weighted by molar-refractivity contribution is 0.0607. The minimum absolute atomic E-state index is 0.395. The molecule has 0 amide bonds. The largest absolute Gasteiger partial charge is 0.465 e. The van der Waals surface area contributed by atoms with Crippen molar-refractivity contribution in [1.29, 1.82) is 0 Å². The topological polar surface area (TPSA) is 58.0 Å². The van der Waals surface area contributed by atoms with E-state index in [1.807, 2.05) is 44.1 Å². The third-order valence-corrected chi connectivity index (χ3v) is 3.88. The number of carbonyl (C=O) groups excluding carboxylic acids is 1. The van der Waals surface area contributed by atoms with Gasteiger partial charge in [-0.1, -0.05) is 0 Å². The van der Waals surface area contributed by atoms with Crippen molar-refractivity contribution < 1.29 is 9.53 Å². The Labute approximate surface area is 127 Å². The number of aromatic nitrogens is 1. The lowest BCUT2D eigenvalue weighted by atomic mass is 10.2. The Kier molecular flexibility index (Phi) is 4.42. The number of hydrogen-bond donors (Lipinski definition) is 0. The summed E-state index contributed by atoms with van der Waals surface area (Å²) >= 11 is 1.30. The third kappa shape index (κ3) is 2.97. The second kappa shape index (κ2) is 6.09. The van der Waals surface area contributed by atoms with Crippen LogP contribution >= 0.6 is 11.3 Å². The van der Waals surface area contributed by atoms with E-state index in [1.54, 1.807) is 12.5 Å². The number of fused-ring (bicyclic) bond motifs is 1. The molecule has 0 aliphatic heterocycles. The molecule has 0 N–H and O–H groups in total. The van der Waals surface area contributed by atoms with Gasteiger partial charge in [0.25, 0.3) is 0 Å². The Morgan fingerprint density at radius 2 is 2.10 bits per heavy atom. The number of rotatable bonds is 4. The molecule has 0 aromatic carbocycles. The minimum atomic E-state index is -0.395. The molecule has 0 radical (unpaired) electrons. The first-order valence-electron chi connectivity index (χ1n) is 6.33. The zero-order chi connectivity index (χ0) is 15.6. The van der Waals surface area contributed by atoms with Crippen LogP contribution in [-0.2, 0) is 4.74 Å². The van der Waals surface area contributed by atoms with Crippen LogP contribution in [0.15, 0.2) is 17.3 Å². The van der Waals surface area contributed by atoms with E-state index in [1.165, 1.54) is 18.4 Å². The van der Waals surface area contributed by atoms with Gasteiger partial charge >= 0.3 is 5.97 Å². The van der Waals surface area contributed by atoms with Gasteiger partial charge in [0.2, 0.25) is 0 Å². The van der Waals surface area contributed by atoms with Gasteiger partial charge in [-0.3, -0.25) is 0 Å². The maximum absolute atomic E-state index is 12.0. The first-order chi connectivity index (χ1) is 9.95. The van der Waals surface area contributed by atoms with Gasteiger partial charge in [-0.25, -0.2) is 14.8 Å². The molecule has 112 valence electrons. The van der Waals surface area contributed by atoms with Crippen LogP contribution in [0.5, 0.6) is 0 Å².